The van der Waals surface area contributed by atoms with E-state index in [2.05, 4.69) is 25.5 Å². The van der Waals surface area contributed by atoms with Gasteiger partial charge in [-0.3, -0.25) is 9.89 Å². The molecule has 1 aromatic carbocycles. The van der Waals surface area contributed by atoms with Crippen molar-refractivity contribution in [3.8, 4) is 0 Å². The lowest BCUT2D eigenvalue weighted by Gasteiger charge is -2.32. The molecule has 1 aliphatic heterocycles. The van der Waals surface area contributed by atoms with Gasteiger partial charge in [-0.15, -0.1) is 0 Å². The van der Waals surface area contributed by atoms with Crippen LogP contribution in [0.2, 0.25) is 0 Å². The van der Waals surface area contributed by atoms with Crippen LogP contribution in [0.15, 0.2) is 30.3 Å². The van der Waals surface area contributed by atoms with E-state index < -0.39 is 17.5 Å². The zero-order chi connectivity index (χ0) is 21.3. The Morgan fingerprint density at radius 2 is 2.03 bits per heavy atom. The first-order valence-electron chi connectivity index (χ1n) is 9.78. The highest BCUT2D eigenvalue weighted by atomic mass is 19.2. The maximum absolute atomic E-state index is 14.1. The number of carbonyl (C=O) groups is 1. The summed E-state index contributed by atoms with van der Waals surface area (Å²) in [5.74, 6) is -0.798. The van der Waals surface area contributed by atoms with Crippen LogP contribution in [-0.2, 0) is 0 Å². The molecule has 30 heavy (non-hydrogen) atoms. The first-order valence-corrected chi connectivity index (χ1v) is 9.78. The number of nitrogens with one attached hydrogen (secondary N) is 2. The molecule has 1 unspecified atom stereocenters. The molecule has 7 nitrogen and oxygen atoms in total. The molecule has 1 saturated heterocycles. The Balaban J connectivity index is 1.54. The third-order valence-electron chi connectivity index (χ3n) is 5.13. The van der Waals surface area contributed by atoms with Gasteiger partial charge < -0.3 is 10.2 Å². The van der Waals surface area contributed by atoms with Gasteiger partial charge in [0.15, 0.2) is 17.5 Å². The summed E-state index contributed by atoms with van der Waals surface area (Å²) in [5, 5.41) is 10.2. The average Bonchev–Trinajstić information content (AvgIpc) is 3.13. The number of anilines is 2. The molecular formula is C21H22F2N6O. The molecule has 1 atom stereocenters. The van der Waals surface area contributed by atoms with Gasteiger partial charge >= 0.3 is 0 Å². The van der Waals surface area contributed by atoms with Gasteiger partial charge in [0.05, 0.1) is 11.3 Å². The molecule has 0 aliphatic carbocycles. The number of benzene rings is 1. The van der Waals surface area contributed by atoms with Crippen LogP contribution in [0.5, 0.6) is 0 Å². The number of aromatic amines is 1. The molecule has 1 fully saturated rings. The van der Waals surface area contributed by atoms with Crippen LogP contribution in [0.4, 0.5) is 20.4 Å². The second kappa shape index (κ2) is 8.17. The molecule has 0 saturated carbocycles. The number of hydrogen-bond acceptors (Lipinski definition) is 5. The van der Waals surface area contributed by atoms with Gasteiger partial charge in [-0.1, -0.05) is 6.07 Å². The number of aryl methyl sites for hydroxylation is 2. The number of halogens is 2. The summed E-state index contributed by atoms with van der Waals surface area (Å²) in [6.45, 7) is 4.58. The van der Waals surface area contributed by atoms with Gasteiger partial charge in [-0.25, -0.2) is 18.7 Å². The fourth-order valence-electron chi connectivity index (χ4n) is 3.72. The van der Waals surface area contributed by atoms with Gasteiger partial charge in [-0.05, 0) is 38.8 Å². The molecule has 0 spiro atoms. The van der Waals surface area contributed by atoms with E-state index in [1.54, 1.807) is 11.8 Å². The second-order valence-electron chi connectivity index (χ2n) is 7.48. The van der Waals surface area contributed by atoms with Crippen LogP contribution in [0.3, 0.4) is 0 Å². The maximum atomic E-state index is 14.1. The molecule has 2 aromatic heterocycles. The molecule has 156 valence electrons. The Kier molecular flexibility index (Phi) is 5.43. The number of rotatable bonds is 4. The predicted molar refractivity (Wildman–Crippen MR) is 108 cm³/mol. The minimum atomic E-state index is -1.11. The second-order valence-corrected chi connectivity index (χ2v) is 7.48. The summed E-state index contributed by atoms with van der Waals surface area (Å²) in [7, 11) is 0. The van der Waals surface area contributed by atoms with Gasteiger partial charge in [0, 0.05) is 36.8 Å². The minimum absolute atomic E-state index is 0.0255. The third kappa shape index (κ3) is 4.14. The SMILES string of the molecule is Cc1nc(Nc2cc(C)[nH]n2)cc(C2CCCN(C(=O)c3cccc(F)c3F)C2)n1. The van der Waals surface area contributed by atoms with Crippen molar-refractivity contribution in [2.45, 2.75) is 32.6 Å². The minimum Gasteiger partial charge on any atom is -0.338 e. The first-order chi connectivity index (χ1) is 14.4. The van der Waals surface area contributed by atoms with Gasteiger partial charge in [0.2, 0.25) is 0 Å². The number of carbonyl (C=O) groups excluding carboxylic acids is 1. The Hall–Kier alpha value is -3.36. The zero-order valence-electron chi connectivity index (χ0n) is 16.7. The Labute approximate surface area is 172 Å². The zero-order valence-corrected chi connectivity index (χ0v) is 16.7. The normalized spacial score (nSPS) is 16.5. The molecule has 0 radical (unpaired) electrons. The predicted octanol–water partition coefficient (Wildman–Crippen LogP) is 3.86. The average molecular weight is 412 g/mol. The van der Waals surface area contributed by atoms with Crippen LogP contribution >= 0.6 is 0 Å². The van der Waals surface area contributed by atoms with E-state index in [0.717, 1.165) is 30.3 Å². The molecule has 1 aliphatic rings. The topological polar surface area (TPSA) is 86.8 Å². The van der Waals surface area contributed by atoms with Crippen molar-refractivity contribution in [1.29, 1.82) is 0 Å². The van der Waals surface area contributed by atoms with Crippen molar-refractivity contribution in [3.05, 3.63) is 64.7 Å². The lowest BCUT2D eigenvalue weighted by atomic mass is 9.93. The Morgan fingerprint density at radius 1 is 1.20 bits per heavy atom. The van der Waals surface area contributed by atoms with Crippen LogP contribution in [0.1, 0.15) is 46.3 Å². The quantitative estimate of drug-likeness (QED) is 0.680. The van der Waals surface area contributed by atoms with E-state index in [9.17, 15) is 13.6 Å². The van der Waals surface area contributed by atoms with Crippen molar-refractivity contribution in [2.75, 3.05) is 18.4 Å². The number of piperidine rings is 1. The number of amides is 1. The van der Waals surface area contributed by atoms with Gasteiger partial charge in [0.1, 0.15) is 11.6 Å². The molecule has 3 aromatic rings. The molecule has 4 rings (SSSR count). The number of H-pyrrole nitrogens is 1. The summed E-state index contributed by atoms with van der Waals surface area (Å²) in [6.07, 6.45) is 1.59. The number of hydrogen-bond donors (Lipinski definition) is 2. The number of aromatic nitrogens is 4. The van der Waals surface area contributed by atoms with E-state index in [0.29, 0.717) is 30.5 Å². The van der Waals surface area contributed by atoms with E-state index in [1.165, 1.54) is 12.1 Å². The highest BCUT2D eigenvalue weighted by molar-refractivity contribution is 5.94. The molecular weight excluding hydrogens is 390 g/mol. The standard InChI is InChI=1S/C21H22F2N6O/c1-12-9-19(28-27-12)26-18-10-17(24-13(2)25-18)14-5-4-8-29(11-14)21(30)15-6-3-7-16(22)20(15)23/h3,6-7,9-10,14H,4-5,8,11H2,1-2H3,(H2,24,25,26,27,28). The van der Waals surface area contributed by atoms with Crippen LogP contribution < -0.4 is 5.32 Å². The highest BCUT2D eigenvalue weighted by Crippen LogP contribution is 2.29. The summed E-state index contributed by atoms with van der Waals surface area (Å²) in [6, 6.07) is 7.37. The van der Waals surface area contributed by atoms with E-state index in [4.69, 9.17) is 0 Å². The molecule has 2 N–H and O–H groups in total. The van der Waals surface area contributed by atoms with Crippen LogP contribution in [-0.4, -0.2) is 44.1 Å². The molecule has 0 bridgehead atoms. The largest absolute Gasteiger partial charge is 0.338 e. The summed E-state index contributed by atoms with van der Waals surface area (Å²) in [5.41, 5.74) is 1.48. The lowest BCUT2D eigenvalue weighted by molar-refractivity contribution is 0.0700. The summed E-state index contributed by atoms with van der Waals surface area (Å²) in [4.78, 5) is 23.3. The van der Waals surface area contributed by atoms with Crippen LogP contribution in [0, 0.1) is 25.5 Å². The Morgan fingerprint density at radius 3 is 2.80 bits per heavy atom. The van der Waals surface area contributed by atoms with E-state index in [1.807, 2.05) is 19.1 Å². The number of likely N-dealkylation sites (tertiary alicyclic amines) is 1. The van der Waals surface area contributed by atoms with Crippen LogP contribution in [0.25, 0.3) is 0 Å². The van der Waals surface area contributed by atoms with Crippen molar-refractivity contribution in [1.82, 2.24) is 25.1 Å². The van der Waals surface area contributed by atoms with Crippen molar-refractivity contribution < 1.29 is 13.6 Å². The lowest BCUT2D eigenvalue weighted by Crippen LogP contribution is -2.39. The van der Waals surface area contributed by atoms with E-state index >= 15 is 0 Å². The summed E-state index contributed by atoms with van der Waals surface area (Å²) >= 11 is 0. The monoisotopic (exact) mass is 412 g/mol. The van der Waals surface area contributed by atoms with Gasteiger partial charge in [0.25, 0.3) is 5.91 Å². The molecule has 3 heterocycles. The maximum Gasteiger partial charge on any atom is 0.256 e. The van der Waals surface area contributed by atoms with Gasteiger partial charge in [-0.2, -0.15) is 5.10 Å². The summed E-state index contributed by atoms with van der Waals surface area (Å²) < 4.78 is 27.6. The fraction of sp³-hybridized carbons (Fsp3) is 0.333. The highest BCUT2D eigenvalue weighted by Gasteiger charge is 2.28. The van der Waals surface area contributed by atoms with Crippen molar-refractivity contribution >= 4 is 17.5 Å². The Bertz CT molecular complexity index is 1080. The fourth-order valence-corrected chi connectivity index (χ4v) is 3.72. The van der Waals surface area contributed by atoms with Crippen molar-refractivity contribution in [2.24, 2.45) is 0 Å². The van der Waals surface area contributed by atoms with Crippen molar-refractivity contribution in [3.63, 3.8) is 0 Å². The third-order valence-corrected chi connectivity index (χ3v) is 5.13. The van der Waals surface area contributed by atoms with E-state index in [-0.39, 0.29) is 11.5 Å². The number of nitrogens with zero attached hydrogens (tertiary/aromatic N) is 4. The first kappa shape index (κ1) is 19.9. The smallest absolute Gasteiger partial charge is 0.256 e. The molecule has 1 amide bonds. The molecule has 9 heteroatoms.